The molecule has 0 unspecified atom stereocenters. The molecular weight excluding hydrogens is 222 g/mol. The van der Waals surface area contributed by atoms with E-state index in [2.05, 4.69) is 9.72 Å². The third kappa shape index (κ3) is 2.18. The van der Waals surface area contributed by atoms with E-state index in [1.807, 2.05) is 0 Å². The van der Waals surface area contributed by atoms with Crippen LogP contribution in [-0.4, -0.2) is 23.2 Å². The first-order valence-electron chi connectivity index (χ1n) is 5.68. The van der Waals surface area contributed by atoms with Gasteiger partial charge >= 0.3 is 5.97 Å². The molecule has 0 spiro atoms. The lowest BCUT2D eigenvalue weighted by atomic mass is 9.98. The van der Waals surface area contributed by atoms with Gasteiger partial charge in [-0.05, 0) is 12.8 Å². The first-order chi connectivity index (χ1) is 8.13. The summed E-state index contributed by atoms with van der Waals surface area (Å²) in [5.41, 5.74) is 0.218. The van der Waals surface area contributed by atoms with E-state index < -0.39 is 11.5 Å². The average Bonchev–Trinajstić information content (AvgIpc) is 2.80. The number of ether oxygens (including phenoxy) is 1. The zero-order valence-electron chi connectivity index (χ0n) is 9.66. The second-order valence-corrected chi connectivity index (χ2v) is 4.28. The number of aromatic hydroxyl groups is 1. The van der Waals surface area contributed by atoms with Crippen LogP contribution in [-0.2, 0) is 4.74 Å². The van der Waals surface area contributed by atoms with Crippen molar-refractivity contribution in [2.24, 2.45) is 0 Å². The van der Waals surface area contributed by atoms with Gasteiger partial charge in [-0.3, -0.25) is 4.79 Å². The number of rotatable bonds is 2. The maximum atomic E-state index is 11.6. The third-order valence-electron chi connectivity index (χ3n) is 3.20. The molecule has 17 heavy (non-hydrogen) atoms. The molecular formula is C12H15NO4. The number of aromatic nitrogens is 1. The molecule has 92 valence electrons. The van der Waals surface area contributed by atoms with Gasteiger partial charge in [0.15, 0.2) is 0 Å². The summed E-state index contributed by atoms with van der Waals surface area (Å²) in [6, 6.07) is 1.00. The Morgan fingerprint density at radius 3 is 2.71 bits per heavy atom. The van der Waals surface area contributed by atoms with Gasteiger partial charge < -0.3 is 14.8 Å². The fourth-order valence-corrected chi connectivity index (χ4v) is 2.40. The summed E-state index contributed by atoms with van der Waals surface area (Å²) in [5, 5.41) is 9.71. The Bertz CT molecular complexity index is 486. The summed E-state index contributed by atoms with van der Waals surface area (Å²) >= 11 is 0. The highest BCUT2D eigenvalue weighted by Gasteiger charge is 2.26. The fraction of sp³-hybridized carbons (Fsp3) is 0.500. The Morgan fingerprint density at radius 2 is 2.12 bits per heavy atom. The Kier molecular flexibility index (Phi) is 3.17. The zero-order chi connectivity index (χ0) is 12.4. The molecule has 0 aromatic carbocycles. The third-order valence-corrected chi connectivity index (χ3v) is 3.20. The summed E-state index contributed by atoms with van der Waals surface area (Å²) in [6.07, 6.45) is 3.98. The number of H-pyrrole nitrogens is 1. The highest BCUT2D eigenvalue weighted by atomic mass is 16.5. The highest BCUT2D eigenvalue weighted by molar-refractivity contribution is 5.93. The molecule has 1 aliphatic rings. The van der Waals surface area contributed by atoms with Crippen molar-refractivity contribution >= 4 is 5.97 Å². The van der Waals surface area contributed by atoms with Crippen molar-refractivity contribution in [1.29, 1.82) is 0 Å². The van der Waals surface area contributed by atoms with Crippen molar-refractivity contribution in [2.75, 3.05) is 7.11 Å². The van der Waals surface area contributed by atoms with Crippen LogP contribution in [0.5, 0.6) is 5.75 Å². The van der Waals surface area contributed by atoms with Gasteiger partial charge in [-0.25, -0.2) is 4.79 Å². The molecule has 0 bridgehead atoms. The second-order valence-electron chi connectivity index (χ2n) is 4.28. The molecule has 2 N–H and O–H groups in total. The van der Waals surface area contributed by atoms with Crippen LogP contribution >= 0.6 is 0 Å². The van der Waals surface area contributed by atoms with Crippen LogP contribution in [0.4, 0.5) is 0 Å². The number of pyridine rings is 1. The number of carbonyl (C=O) groups excluding carboxylic acids is 1. The summed E-state index contributed by atoms with van der Waals surface area (Å²) in [7, 11) is 1.26. The maximum absolute atomic E-state index is 11.6. The molecule has 5 heteroatoms. The molecule has 1 aliphatic carbocycles. The minimum atomic E-state index is -0.611. The van der Waals surface area contributed by atoms with E-state index in [1.54, 1.807) is 0 Å². The summed E-state index contributed by atoms with van der Waals surface area (Å²) < 4.78 is 4.64. The lowest BCUT2D eigenvalue weighted by Gasteiger charge is -2.14. The van der Waals surface area contributed by atoms with Crippen LogP contribution in [0.1, 0.15) is 47.7 Å². The Labute approximate surface area is 98.4 Å². The molecule has 0 atom stereocenters. The minimum absolute atomic E-state index is 0.0963. The zero-order valence-corrected chi connectivity index (χ0v) is 9.66. The Hall–Kier alpha value is -1.78. The van der Waals surface area contributed by atoms with E-state index in [9.17, 15) is 14.7 Å². The molecule has 0 radical (unpaired) electrons. The summed E-state index contributed by atoms with van der Waals surface area (Å²) in [5.74, 6) is -0.785. The van der Waals surface area contributed by atoms with Crippen LogP contribution in [0.25, 0.3) is 0 Å². The van der Waals surface area contributed by atoms with Crippen LogP contribution in [0.15, 0.2) is 10.9 Å². The first kappa shape index (κ1) is 11.7. The van der Waals surface area contributed by atoms with Crippen LogP contribution in [0.3, 0.4) is 0 Å². The minimum Gasteiger partial charge on any atom is -0.507 e. The van der Waals surface area contributed by atoms with E-state index in [-0.39, 0.29) is 17.2 Å². The van der Waals surface area contributed by atoms with Gasteiger partial charge in [-0.1, -0.05) is 12.8 Å². The lowest BCUT2D eigenvalue weighted by Crippen LogP contribution is -2.17. The predicted molar refractivity (Wildman–Crippen MR) is 61.3 cm³/mol. The normalized spacial score (nSPS) is 16.1. The maximum Gasteiger partial charge on any atom is 0.343 e. The lowest BCUT2D eigenvalue weighted by molar-refractivity contribution is 0.0594. The molecule has 0 saturated heterocycles. The number of nitrogens with one attached hydrogen (secondary N) is 1. The van der Waals surface area contributed by atoms with Crippen molar-refractivity contribution in [3.8, 4) is 5.75 Å². The number of carbonyl (C=O) groups is 1. The molecule has 0 amide bonds. The van der Waals surface area contributed by atoms with E-state index in [0.717, 1.165) is 31.7 Å². The van der Waals surface area contributed by atoms with Crippen molar-refractivity contribution in [2.45, 2.75) is 31.6 Å². The molecule has 1 heterocycles. The Balaban J connectivity index is 2.54. The molecule has 1 aromatic heterocycles. The van der Waals surface area contributed by atoms with Crippen LogP contribution < -0.4 is 5.56 Å². The second kappa shape index (κ2) is 4.61. The van der Waals surface area contributed by atoms with Gasteiger partial charge in [0.25, 0.3) is 5.56 Å². The summed E-state index contributed by atoms with van der Waals surface area (Å²) in [6.45, 7) is 0. The van der Waals surface area contributed by atoms with E-state index in [0.29, 0.717) is 5.69 Å². The van der Waals surface area contributed by atoms with Gasteiger partial charge in [0.05, 0.1) is 7.11 Å². The first-order valence-corrected chi connectivity index (χ1v) is 5.68. The molecule has 0 aliphatic heterocycles. The van der Waals surface area contributed by atoms with Crippen molar-refractivity contribution in [3.05, 3.63) is 27.7 Å². The monoisotopic (exact) mass is 237 g/mol. The smallest absolute Gasteiger partial charge is 0.343 e. The van der Waals surface area contributed by atoms with Crippen LogP contribution in [0, 0.1) is 0 Å². The van der Waals surface area contributed by atoms with Crippen molar-refractivity contribution < 1.29 is 14.6 Å². The highest BCUT2D eigenvalue weighted by Crippen LogP contribution is 2.36. The van der Waals surface area contributed by atoms with Crippen molar-refractivity contribution in [1.82, 2.24) is 4.98 Å². The average molecular weight is 237 g/mol. The predicted octanol–water partition coefficient (Wildman–Crippen LogP) is 1.52. The molecule has 1 saturated carbocycles. The standard InChI is InChI=1S/C12H15NO4/c1-17-12(16)10-8(14)6-9(15)13-11(10)7-4-2-3-5-7/h6-7H,2-5H2,1H3,(H2,13,14,15). The van der Waals surface area contributed by atoms with Gasteiger partial charge in [0, 0.05) is 17.7 Å². The van der Waals surface area contributed by atoms with Crippen molar-refractivity contribution in [3.63, 3.8) is 0 Å². The number of esters is 1. The summed E-state index contributed by atoms with van der Waals surface area (Å²) in [4.78, 5) is 25.6. The molecule has 5 nitrogen and oxygen atoms in total. The van der Waals surface area contributed by atoms with Gasteiger partial charge in [0.2, 0.25) is 0 Å². The molecule has 2 rings (SSSR count). The largest absolute Gasteiger partial charge is 0.507 e. The fourth-order valence-electron chi connectivity index (χ4n) is 2.40. The van der Waals surface area contributed by atoms with Crippen LogP contribution in [0.2, 0.25) is 0 Å². The SMILES string of the molecule is COC(=O)c1c(O)cc(=O)[nH]c1C1CCCC1. The van der Waals surface area contributed by atoms with Gasteiger partial charge in [0.1, 0.15) is 11.3 Å². The molecule has 1 aromatic rings. The van der Waals surface area contributed by atoms with E-state index in [1.165, 1.54) is 7.11 Å². The number of hydrogen-bond acceptors (Lipinski definition) is 4. The topological polar surface area (TPSA) is 79.4 Å². The quantitative estimate of drug-likeness (QED) is 0.764. The Morgan fingerprint density at radius 1 is 1.47 bits per heavy atom. The van der Waals surface area contributed by atoms with E-state index >= 15 is 0 Å². The number of aromatic amines is 1. The van der Waals surface area contributed by atoms with Gasteiger partial charge in [-0.15, -0.1) is 0 Å². The number of methoxy groups -OCH3 is 1. The van der Waals surface area contributed by atoms with E-state index in [4.69, 9.17) is 0 Å². The van der Waals surface area contributed by atoms with Gasteiger partial charge in [-0.2, -0.15) is 0 Å². The molecule has 1 fully saturated rings. The number of hydrogen-bond donors (Lipinski definition) is 2.